The molecule has 0 fully saturated rings. The van der Waals surface area contributed by atoms with E-state index >= 15 is 0 Å². The van der Waals surface area contributed by atoms with Crippen molar-refractivity contribution in [3.63, 3.8) is 0 Å². The van der Waals surface area contributed by atoms with Crippen molar-refractivity contribution in [1.29, 1.82) is 0 Å². The Morgan fingerprint density at radius 1 is 1.39 bits per heavy atom. The average molecular weight is 310 g/mol. The van der Waals surface area contributed by atoms with Gasteiger partial charge in [0.15, 0.2) is 0 Å². The first-order valence-electron chi connectivity index (χ1n) is 5.86. The number of anilines is 1. The van der Waals surface area contributed by atoms with Gasteiger partial charge >= 0.3 is 0 Å². The summed E-state index contributed by atoms with van der Waals surface area (Å²) in [5, 5.41) is 7.29. The minimum absolute atomic E-state index is 0.335. The molecule has 0 amide bonds. The van der Waals surface area contributed by atoms with Crippen LogP contribution in [-0.4, -0.2) is 16.7 Å². The van der Waals surface area contributed by atoms with Crippen LogP contribution in [0.3, 0.4) is 0 Å². The largest absolute Gasteiger partial charge is 0.369 e. The molecule has 18 heavy (non-hydrogen) atoms. The van der Waals surface area contributed by atoms with Crippen LogP contribution < -0.4 is 5.32 Å². The van der Waals surface area contributed by atoms with Crippen LogP contribution in [0.15, 0.2) is 27.3 Å². The van der Waals surface area contributed by atoms with Gasteiger partial charge in [-0.15, -0.1) is 0 Å². The number of pyridine rings is 1. The van der Waals surface area contributed by atoms with E-state index in [2.05, 4.69) is 38.3 Å². The molecule has 0 aromatic carbocycles. The zero-order valence-electron chi connectivity index (χ0n) is 10.7. The fourth-order valence-corrected chi connectivity index (χ4v) is 2.27. The van der Waals surface area contributed by atoms with E-state index in [0.29, 0.717) is 5.92 Å². The molecule has 0 aliphatic rings. The van der Waals surface area contributed by atoms with Gasteiger partial charge in [0.1, 0.15) is 11.6 Å². The summed E-state index contributed by atoms with van der Waals surface area (Å²) in [7, 11) is 0. The van der Waals surface area contributed by atoms with Crippen molar-refractivity contribution in [1.82, 2.24) is 10.1 Å². The fourth-order valence-electron chi connectivity index (χ4n) is 2.03. The standard InChI is InChI=1S/C13H16BrN3O/c1-8(13-9(2)17-18-10(13)3)6-15-12-5-4-11(14)7-16-12/h4-5,7-8H,6H2,1-3H3,(H,15,16). The zero-order valence-corrected chi connectivity index (χ0v) is 12.3. The maximum absolute atomic E-state index is 5.18. The number of hydrogen-bond acceptors (Lipinski definition) is 4. The molecule has 2 aromatic heterocycles. The molecule has 0 aliphatic heterocycles. The van der Waals surface area contributed by atoms with Crippen LogP contribution in [0.1, 0.15) is 29.9 Å². The van der Waals surface area contributed by atoms with E-state index < -0.39 is 0 Å². The van der Waals surface area contributed by atoms with Crippen LogP contribution in [0.2, 0.25) is 0 Å². The molecule has 1 N–H and O–H groups in total. The van der Waals surface area contributed by atoms with Crippen molar-refractivity contribution in [3.8, 4) is 0 Å². The molecular weight excluding hydrogens is 294 g/mol. The molecule has 0 aliphatic carbocycles. The number of aryl methyl sites for hydroxylation is 2. The maximum Gasteiger partial charge on any atom is 0.137 e. The van der Waals surface area contributed by atoms with Gasteiger partial charge in [0.05, 0.1) is 5.69 Å². The van der Waals surface area contributed by atoms with Crippen molar-refractivity contribution < 1.29 is 4.52 Å². The van der Waals surface area contributed by atoms with Crippen molar-refractivity contribution in [3.05, 3.63) is 39.8 Å². The van der Waals surface area contributed by atoms with Crippen LogP contribution in [0, 0.1) is 13.8 Å². The Bertz CT molecular complexity index is 502. The maximum atomic E-state index is 5.18. The van der Waals surface area contributed by atoms with Gasteiger partial charge in [0.2, 0.25) is 0 Å². The predicted molar refractivity (Wildman–Crippen MR) is 74.8 cm³/mol. The molecule has 2 heterocycles. The number of nitrogens with one attached hydrogen (secondary N) is 1. The summed E-state index contributed by atoms with van der Waals surface area (Å²) in [4.78, 5) is 4.28. The first-order valence-corrected chi connectivity index (χ1v) is 6.65. The molecule has 0 spiro atoms. The quantitative estimate of drug-likeness (QED) is 0.936. The normalized spacial score (nSPS) is 12.4. The van der Waals surface area contributed by atoms with Crippen LogP contribution in [0.25, 0.3) is 0 Å². The summed E-state index contributed by atoms with van der Waals surface area (Å²) < 4.78 is 6.16. The van der Waals surface area contributed by atoms with Gasteiger partial charge in [-0.3, -0.25) is 0 Å². The summed E-state index contributed by atoms with van der Waals surface area (Å²) in [6, 6.07) is 3.92. The Kier molecular flexibility index (Phi) is 4.01. The number of hydrogen-bond donors (Lipinski definition) is 1. The lowest BCUT2D eigenvalue weighted by atomic mass is 10.00. The fraction of sp³-hybridized carbons (Fsp3) is 0.385. The van der Waals surface area contributed by atoms with E-state index in [9.17, 15) is 0 Å². The molecule has 2 rings (SSSR count). The first kappa shape index (κ1) is 13.1. The van der Waals surface area contributed by atoms with Crippen molar-refractivity contribution in [2.45, 2.75) is 26.7 Å². The Labute approximate surface area is 115 Å². The lowest BCUT2D eigenvalue weighted by molar-refractivity contribution is 0.391. The van der Waals surface area contributed by atoms with Crippen LogP contribution in [0.5, 0.6) is 0 Å². The summed E-state index contributed by atoms with van der Waals surface area (Å²) in [5.41, 5.74) is 2.14. The third-order valence-electron chi connectivity index (χ3n) is 2.90. The van der Waals surface area contributed by atoms with Crippen molar-refractivity contribution >= 4 is 21.7 Å². The second-order valence-corrected chi connectivity index (χ2v) is 5.30. The second-order valence-electron chi connectivity index (χ2n) is 4.38. The Morgan fingerprint density at radius 2 is 2.17 bits per heavy atom. The first-order chi connectivity index (χ1) is 8.58. The van der Waals surface area contributed by atoms with Crippen molar-refractivity contribution in [2.75, 3.05) is 11.9 Å². The molecule has 5 heteroatoms. The Balaban J connectivity index is 2.00. The smallest absolute Gasteiger partial charge is 0.137 e. The summed E-state index contributed by atoms with van der Waals surface area (Å²) >= 11 is 3.37. The molecular formula is C13H16BrN3O. The highest BCUT2D eigenvalue weighted by Gasteiger charge is 2.16. The minimum Gasteiger partial charge on any atom is -0.369 e. The topological polar surface area (TPSA) is 51.0 Å². The highest BCUT2D eigenvalue weighted by Crippen LogP contribution is 2.23. The van der Waals surface area contributed by atoms with Crippen LogP contribution in [0.4, 0.5) is 5.82 Å². The highest BCUT2D eigenvalue weighted by molar-refractivity contribution is 9.10. The van der Waals surface area contributed by atoms with E-state index in [-0.39, 0.29) is 0 Å². The van der Waals surface area contributed by atoms with E-state index in [4.69, 9.17) is 4.52 Å². The van der Waals surface area contributed by atoms with Gasteiger partial charge < -0.3 is 9.84 Å². The van der Waals surface area contributed by atoms with Gasteiger partial charge in [-0.05, 0) is 41.9 Å². The number of halogens is 1. The third kappa shape index (κ3) is 2.90. The molecule has 1 unspecified atom stereocenters. The number of rotatable bonds is 4. The second kappa shape index (κ2) is 5.52. The van der Waals surface area contributed by atoms with E-state index in [1.807, 2.05) is 26.0 Å². The number of aromatic nitrogens is 2. The van der Waals surface area contributed by atoms with E-state index in [0.717, 1.165) is 28.3 Å². The molecule has 2 aromatic rings. The Morgan fingerprint density at radius 3 is 2.72 bits per heavy atom. The zero-order chi connectivity index (χ0) is 13.1. The molecule has 0 bridgehead atoms. The van der Waals surface area contributed by atoms with Gasteiger partial charge in [-0.2, -0.15) is 0 Å². The van der Waals surface area contributed by atoms with E-state index in [1.165, 1.54) is 5.56 Å². The third-order valence-corrected chi connectivity index (χ3v) is 3.37. The van der Waals surface area contributed by atoms with Crippen molar-refractivity contribution in [2.24, 2.45) is 0 Å². The average Bonchev–Trinajstić information content (AvgIpc) is 2.68. The molecule has 4 nitrogen and oxygen atoms in total. The highest BCUT2D eigenvalue weighted by atomic mass is 79.9. The van der Waals surface area contributed by atoms with Gasteiger partial charge in [-0.25, -0.2) is 4.98 Å². The lowest BCUT2D eigenvalue weighted by Gasteiger charge is -2.12. The van der Waals surface area contributed by atoms with Crippen LogP contribution >= 0.6 is 15.9 Å². The molecule has 0 saturated heterocycles. The number of nitrogens with zero attached hydrogens (tertiary/aromatic N) is 2. The molecule has 0 saturated carbocycles. The summed E-state index contributed by atoms with van der Waals surface area (Å²) in [6.45, 7) is 6.87. The van der Waals surface area contributed by atoms with Gasteiger partial charge in [0, 0.05) is 28.7 Å². The summed E-state index contributed by atoms with van der Waals surface area (Å²) in [5.74, 6) is 2.10. The SMILES string of the molecule is Cc1noc(C)c1C(C)CNc1ccc(Br)cn1. The predicted octanol–water partition coefficient (Wildman–Crippen LogP) is 3.66. The lowest BCUT2D eigenvalue weighted by Crippen LogP contribution is -2.11. The minimum atomic E-state index is 0.335. The summed E-state index contributed by atoms with van der Waals surface area (Å²) in [6.07, 6.45) is 1.78. The molecule has 1 atom stereocenters. The van der Waals surface area contributed by atoms with E-state index in [1.54, 1.807) is 6.20 Å². The molecule has 0 radical (unpaired) electrons. The molecule has 96 valence electrons. The monoisotopic (exact) mass is 309 g/mol. The van der Waals surface area contributed by atoms with Crippen LogP contribution in [-0.2, 0) is 0 Å². The van der Waals surface area contributed by atoms with Gasteiger partial charge in [-0.1, -0.05) is 12.1 Å². The van der Waals surface area contributed by atoms with Gasteiger partial charge in [0.25, 0.3) is 0 Å². The Hall–Kier alpha value is -1.36.